The Morgan fingerprint density at radius 3 is 2.81 bits per heavy atom. The highest BCUT2D eigenvalue weighted by Crippen LogP contribution is 2.22. The van der Waals surface area contributed by atoms with Gasteiger partial charge in [0, 0.05) is 13.2 Å². The van der Waals surface area contributed by atoms with Crippen molar-refractivity contribution in [3.05, 3.63) is 28.9 Å². The van der Waals surface area contributed by atoms with Gasteiger partial charge in [0.1, 0.15) is 22.4 Å². The smallest absolute Gasteiger partial charge is 0.343 e. The summed E-state index contributed by atoms with van der Waals surface area (Å²) >= 11 is 7.26. The number of halogens is 1. The van der Waals surface area contributed by atoms with Crippen LogP contribution >= 0.6 is 23.4 Å². The van der Waals surface area contributed by atoms with Crippen LogP contribution in [0.2, 0.25) is 5.15 Å². The Labute approximate surface area is 130 Å². The highest BCUT2D eigenvalue weighted by Gasteiger charge is 2.14. The first kappa shape index (κ1) is 15.6. The monoisotopic (exact) mass is 327 g/mol. The lowest BCUT2D eigenvalue weighted by Gasteiger charge is -2.06. The molecule has 0 aromatic carbocycles. The molecule has 7 nitrogen and oxygen atoms in total. The standard InChI is InChI=1S/C12H14ClN5O2S/c1-3-20-11(19)7-4-16-12(17-10(7)14)21-6-9-15-5-8(13)18(9)2/h4-5H,3,6H2,1-2H3,(H2,14,16,17). The number of ether oxygens (including phenoxy) is 1. The Balaban J connectivity index is 2.07. The molecule has 112 valence electrons. The van der Waals surface area contributed by atoms with Crippen molar-refractivity contribution in [3.63, 3.8) is 0 Å². The van der Waals surface area contributed by atoms with Crippen molar-refractivity contribution in [2.45, 2.75) is 17.8 Å². The van der Waals surface area contributed by atoms with Crippen molar-refractivity contribution in [2.24, 2.45) is 7.05 Å². The number of imidazole rings is 1. The Hall–Kier alpha value is -1.80. The molecule has 0 radical (unpaired) electrons. The molecule has 0 unspecified atom stereocenters. The summed E-state index contributed by atoms with van der Waals surface area (Å²) < 4.78 is 6.63. The molecule has 0 spiro atoms. The molecule has 0 atom stereocenters. The zero-order chi connectivity index (χ0) is 15.4. The van der Waals surface area contributed by atoms with E-state index < -0.39 is 5.97 Å². The molecule has 2 rings (SSSR count). The Bertz CT molecular complexity index is 661. The van der Waals surface area contributed by atoms with E-state index in [1.165, 1.54) is 18.0 Å². The van der Waals surface area contributed by atoms with Crippen LogP contribution in [0.3, 0.4) is 0 Å². The predicted molar refractivity (Wildman–Crippen MR) is 80.2 cm³/mol. The second-order valence-corrected chi connectivity index (χ2v) is 5.35. The van der Waals surface area contributed by atoms with Gasteiger partial charge in [-0.25, -0.2) is 19.7 Å². The summed E-state index contributed by atoms with van der Waals surface area (Å²) in [4.78, 5) is 23.9. The number of esters is 1. The summed E-state index contributed by atoms with van der Waals surface area (Å²) in [5.41, 5.74) is 5.92. The Morgan fingerprint density at radius 2 is 2.24 bits per heavy atom. The molecule has 0 bridgehead atoms. The van der Waals surface area contributed by atoms with Gasteiger partial charge in [-0.15, -0.1) is 0 Å². The van der Waals surface area contributed by atoms with Crippen LogP contribution in [0.25, 0.3) is 0 Å². The molecule has 9 heteroatoms. The quantitative estimate of drug-likeness (QED) is 0.509. The van der Waals surface area contributed by atoms with Crippen LogP contribution in [-0.4, -0.2) is 32.1 Å². The molecular formula is C12H14ClN5O2S. The lowest BCUT2D eigenvalue weighted by Crippen LogP contribution is -2.10. The third-order valence-electron chi connectivity index (χ3n) is 2.65. The summed E-state index contributed by atoms with van der Waals surface area (Å²) in [6, 6.07) is 0. The van der Waals surface area contributed by atoms with E-state index in [1.807, 2.05) is 7.05 Å². The van der Waals surface area contributed by atoms with Gasteiger partial charge < -0.3 is 15.0 Å². The fourth-order valence-electron chi connectivity index (χ4n) is 1.50. The van der Waals surface area contributed by atoms with Crippen LogP contribution in [0, 0.1) is 0 Å². The second kappa shape index (κ2) is 6.77. The van der Waals surface area contributed by atoms with Gasteiger partial charge in [-0.05, 0) is 6.92 Å². The van der Waals surface area contributed by atoms with E-state index in [-0.39, 0.29) is 18.0 Å². The topological polar surface area (TPSA) is 95.9 Å². The first-order valence-electron chi connectivity index (χ1n) is 6.11. The SMILES string of the molecule is CCOC(=O)c1cnc(SCc2ncc(Cl)n2C)nc1N. The van der Waals surface area contributed by atoms with Gasteiger partial charge in [0.05, 0.1) is 18.6 Å². The number of carbonyl (C=O) groups is 1. The van der Waals surface area contributed by atoms with Crippen molar-refractivity contribution >= 4 is 35.1 Å². The number of anilines is 1. The third kappa shape index (κ3) is 3.64. The molecule has 0 aliphatic carbocycles. The molecule has 0 aliphatic heterocycles. The van der Waals surface area contributed by atoms with Gasteiger partial charge >= 0.3 is 5.97 Å². The molecule has 2 heterocycles. The zero-order valence-corrected chi connectivity index (χ0v) is 13.1. The normalized spacial score (nSPS) is 10.6. The molecule has 2 aromatic heterocycles. The second-order valence-electron chi connectivity index (χ2n) is 4.02. The number of aromatic nitrogens is 4. The van der Waals surface area contributed by atoms with E-state index >= 15 is 0 Å². The minimum absolute atomic E-state index is 0.101. The van der Waals surface area contributed by atoms with Crippen LogP contribution in [0.15, 0.2) is 17.6 Å². The molecule has 0 saturated heterocycles. The largest absolute Gasteiger partial charge is 0.462 e. The molecule has 0 aliphatic rings. The molecule has 0 amide bonds. The number of nitrogens with two attached hydrogens (primary N) is 1. The maximum absolute atomic E-state index is 11.6. The average molecular weight is 328 g/mol. The van der Waals surface area contributed by atoms with Crippen LogP contribution in [0.4, 0.5) is 5.82 Å². The predicted octanol–water partition coefficient (Wildman–Crippen LogP) is 1.91. The van der Waals surface area contributed by atoms with Gasteiger partial charge in [0.25, 0.3) is 0 Å². The third-order valence-corrected chi connectivity index (χ3v) is 3.86. The fraction of sp³-hybridized carbons (Fsp3) is 0.333. The van der Waals surface area contributed by atoms with Gasteiger partial charge in [-0.1, -0.05) is 23.4 Å². The van der Waals surface area contributed by atoms with E-state index in [9.17, 15) is 4.79 Å². The summed E-state index contributed by atoms with van der Waals surface area (Å²) in [6.45, 7) is 1.99. The van der Waals surface area contributed by atoms with E-state index in [1.54, 1.807) is 17.7 Å². The highest BCUT2D eigenvalue weighted by molar-refractivity contribution is 7.98. The molecule has 0 fully saturated rings. The summed E-state index contributed by atoms with van der Waals surface area (Å²) in [5, 5.41) is 1.02. The maximum atomic E-state index is 11.6. The van der Waals surface area contributed by atoms with Crippen LogP contribution in [0.5, 0.6) is 0 Å². The van der Waals surface area contributed by atoms with Gasteiger partial charge in [-0.3, -0.25) is 0 Å². The minimum atomic E-state index is -0.526. The molecule has 21 heavy (non-hydrogen) atoms. The Morgan fingerprint density at radius 1 is 1.48 bits per heavy atom. The van der Waals surface area contributed by atoms with Crippen LogP contribution in [0.1, 0.15) is 23.1 Å². The number of thioether (sulfide) groups is 1. The number of nitrogen functional groups attached to an aromatic ring is 1. The zero-order valence-electron chi connectivity index (χ0n) is 11.5. The van der Waals surface area contributed by atoms with Crippen LogP contribution < -0.4 is 5.73 Å². The van der Waals surface area contributed by atoms with E-state index in [4.69, 9.17) is 22.1 Å². The van der Waals surface area contributed by atoms with E-state index in [0.29, 0.717) is 16.1 Å². The average Bonchev–Trinajstić information content (AvgIpc) is 2.77. The minimum Gasteiger partial charge on any atom is -0.462 e. The van der Waals surface area contributed by atoms with Gasteiger partial charge in [0.2, 0.25) is 0 Å². The molecular weight excluding hydrogens is 314 g/mol. The molecule has 2 aromatic rings. The first-order chi connectivity index (χ1) is 10.0. The van der Waals surface area contributed by atoms with Crippen molar-refractivity contribution in [2.75, 3.05) is 12.3 Å². The van der Waals surface area contributed by atoms with Crippen molar-refractivity contribution in [1.29, 1.82) is 0 Å². The molecule has 2 N–H and O–H groups in total. The Kier molecular flexibility index (Phi) is 5.03. The number of nitrogens with zero attached hydrogens (tertiary/aromatic N) is 4. The van der Waals surface area contributed by atoms with Crippen molar-refractivity contribution < 1.29 is 9.53 Å². The van der Waals surface area contributed by atoms with Crippen molar-refractivity contribution in [3.8, 4) is 0 Å². The summed E-state index contributed by atoms with van der Waals surface area (Å²) in [6.07, 6.45) is 2.95. The number of carbonyl (C=O) groups excluding carboxylic acids is 1. The number of hydrogen-bond acceptors (Lipinski definition) is 7. The van der Waals surface area contributed by atoms with E-state index in [2.05, 4.69) is 15.0 Å². The van der Waals surface area contributed by atoms with Crippen molar-refractivity contribution in [1.82, 2.24) is 19.5 Å². The molecule has 0 saturated carbocycles. The number of hydrogen-bond donors (Lipinski definition) is 1. The first-order valence-corrected chi connectivity index (χ1v) is 7.47. The van der Waals surface area contributed by atoms with Crippen LogP contribution in [-0.2, 0) is 17.5 Å². The lowest BCUT2D eigenvalue weighted by molar-refractivity contribution is 0.0526. The maximum Gasteiger partial charge on any atom is 0.343 e. The number of rotatable bonds is 5. The summed E-state index contributed by atoms with van der Waals surface area (Å²) in [5.74, 6) is 0.911. The van der Waals surface area contributed by atoms with E-state index in [0.717, 1.165) is 5.82 Å². The van der Waals surface area contributed by atoms with Gasteiger partial charge in [-0.2, -0.15) is 0 Å². The van der Waals surface area contributed by atoms with Gasteiger partial charge in [0.15, 0.2) is 5.16 Å². The lowest BCUT2D eigenvalue weighted by atomic mass is 10.3. The highest BCUT2D eigenvalue weighted by atomic mass is 35.5. The fourth-order valence-corrected chi connectivity index (χ4v) is 2.46. The summed E-state index contributed by atoms with van der Waals surface area (Å²) in [7, 11) is 1.82.